The highest BCUT2D eigenvalue weighted by Crippen LogP contribution is 2.33. The van der Waals surface area contributed by atoms with Gasteiger partial charge in [0.25, 0.3) is 0 Å². The summed E-state index contributed by atoms with van der Waals surface area (Å²) in [4.78, 5) is 27.3. The third kappa shape index (κ3) is 4.19. The molecule has 1 aliphatic rings. The van der Waals surface area contributed by atoms with Crippen LogP contribution in [0.5, 0.6) is 5.75 Å². The molecule has 0 bridgehead atoms. The third-order valence-corrected chi connectivity index (χ3v) is 5.39. The normalized spacial score (nSPS) is 19.0. The van der Waals surface area contributed by atoms with E-state index < -0.39 is 5.54 Å². The molecule has 1 fully saturated rings. The van der Waals surface area contributed by atoms with Crippen molar-refractivity contribution in [3.63, 3.8) is 0 Å². The van der Waals surface area contributed by atoms with Crippen LogP contribution in [0.4, 0.5) is 0 Å². The highest BCUT2D eigenvalue weighted by atomic mass is 16.5. The van der Waals surface area contributed by atoms with E-state index in [1.165, 1.54) is 5.56 Å². The number of rotatable bonds is 7. The first-order valence-electron chi connectivity index (χ1n) is 9.79. The number of ether oxygens (including phenoxy) is 1. The fourth-order valence-corrected chi connectivity index (χ4v) is 3.57. The summed E-state index contributed by atoms with van der Waals surface area (Å²) in [7, 11) is 0. The Bertz CT molecular complexity index is 847. The van der Waals surface area contributed by atoms with Crippen LogP contribution in [0.1, 0.15) is 43.4 Å². The minimum absolute atomic E-state index is 0.000660. The molecule has 2 aromatic rings. The first kappa shape index (κ1) is 19.9. The van der Waals surface area contributed by atoms with Crippen LogP contribution in [0.25, 0.3) is 0 Å². The van der Waals surface area contributed by atoms with Crippen molar-refractivity contribution >= 4 is 11.8 Å². The summed E-state index contributed by atoms with van der Waals surface area (Å²) in [5.74, 6) is 0.638. The minimum Gasteiger partial charge on any atom is -0.494 e. The molecule has 1 atom stereocenters. The maximum atomic E-state index is 13.0. The fraction of sp³-hybridized carbons (Fsp3) is 0.391. The van der Waals surface area contributed by atoms with Crippen LogP contribution in [0.2, 0.25) is 0 Å². The first-order valence-corrected chi connectivity index (χ1v) is 9.79. The smallest absolute Gasteiger partial charge is 0.245 e. The lowest BCUT2D eigenvalue weighted by Crippen LogP contribution is -2.53. The summed E-state index contributed by atoms with van der Waals surface area (Å²) in [6.45, 7) is 7.19. The number of nitrogens with zero attached hydrogens (tertiary/aromatic N) is 1. The highest BCUT2D eigenvalue weighted by molar-refractivity contribution is 5.94. The fourth-order valence-electron chi connectivity index (χ4n) is 3.57. The molecule has 0 aliphatic carbocycles. The van der Waals surface area contributed by atoms with Crippen molar-refractivity contribution in [2.45, 2.75) is 52.2 Å². The van der Waals surface area contributed by atoms with Crippen molar-refractivity contribution in [2.75, 3.05) is 6.61 Å². The summed E-state index contributed by atoms with van der Waals surface area (Å²) < 4.78 is 5.69. The molecule has 0 radical (unpaired) electrons. The Balaban J connectivity index is 1.74. The molecule has 3 rings (SSSR count). The van der Waals surface area contributed by atoms with Gasteiger partial charge in [0.2, 0.25) is 11.8 Å². The number of nitrogens with one attached hydrogen (secondary N) is 1. The molecule has 1 saturated heterocycles. The number of amides is 2. The lowest BCUT2D eigenvalue weighted by molar-refractivity contribution is -0.141. The van der Waals surface area contributed by atoms with E-state index in [-0.39, 0.29) is 11.8 Å². The van der Waals surface area contributed by atoms with Gasteiger partial charge in [-0.3, -0.25) is 9.59 Å². The van der Waals surface area contributed by atoms with Crippen LogP contribution < -0.4 is 10.1 Å². The summed E-state index contributed by atoms with van der Waals surface area (Å²) in [6, 6.07) is 15.7. The molecule has 2 aromatic carbocycles. The Kier molecular flexibility index (Phi) is 6.02. The molecule has 0 unspecified atom stereocenters. The largest absolute Gasteiger partial charge is 0.494 e. The molecule has 1 N–H and O–H groups in total. The van der Waals surface area contributed by atoms with E-state index in [2.05, 4.69) is 5.32 Å². The zero-order valence-electron chi connectivity index (χ0n) is 16.8. The van der Waals surface area contributed by atoms with Crippen molar-refractivity contribution in [3.8, 4) is 5.75 Å². The van der Waals surface area contributed by atoms with E-state index >= 15 is 0 Å². The van der Waals surface area contributed by atoms with Crippen LogP contribution in [0.3, 0.4) is 0 Å². The molecular weight excluding hydrogens is 352 g/mol. The zero-order chi connectivity index (χ0) is 20.1. The van der Waals surface area contributed by atoms with Crippen LogP contribution in [0, 0.1) is 6.92 Å². The van der Waals surface area contributed by atoms with E-state index in [9.17, 15) is 9.59 Å². The molecule has 0 aromatic heterocycles. The maximum Gasteiger partial charge on any atom is 0.245 e. The monoisotopic (exact) mass is 380 g/mol. The van der Waals surface area contributed by atoms with Crippen molar-refractivity contribution in [1.29, 1.82) is 0 Å². The number of hydrogen-bond acceptors (Lipinski definition) is 3. The topological polar surface area (TPSA) is 58.6 Å². The molecule has 5 heteroatoms. The van der Waals surface area contributed by atoms with Gasteiger partial charge in [0.1, 0.15) is 11.3 Å². The molecular formula is C23H28N2O3. The number of benzene rings is 2. The maximum absolute atomic E-state index is 13.0. The Labute approximate surface area is 166 Å². The molecule has 2 amide bonds. The predicted molar refractivity (Wildman–Crippen MR) is 109 cm³/mol. The zero-order valence-corrected chi connectivity index (χ0v) is 16.8. The number of aryl methyl sites for hydroxylation is 1. The standard InChI is InChI=1S/C23H28N2O3/c1-4-28-20-8-6-5-7-19(20)16-25-21(26)13-14-23(25,3)22(27)24-15-18-11-9-17(2)10-12-18/h5-12H,4,13-16H2,1-3H3,(H,24,27)/t23-/m0/s1. The summed E-state index contributed by atoms with van der Waals surface area (Å²) >= 11 is 0. The number of likely N-dealkylation sites (tertiary alicyclic amines) is 1. The van der Waals surface area contributed by atoms with Gasteiger partial charge in [0.15, 0.2) is 0 Å². The van der Waals surface area contributed by atoms with Gasteiger partial charge in [-0.05, 0) is 38.8 Å². The van der Waals surface area contributed by atoms with Gasteiger partial charge < -0.3 is 15.0 Å². The minimum atomic E-state index is -0.860. The number of carbonyl (C=O) groups excluding carboxylic acids is 2. The van der Waals surface area contributed by atoms with Gasteiger partial charge in [0, 0.05) is 18.5 Å². The first-order chi connectivity index (χ1) is 13.4. The van der Waals surface area contributed by atoms with Gasteiger partial charge in [-0.25, -0.2) is 0 Å². The summed E-state index contributed by atoms with van der Waals surface area (Å²) in [5.41, 5.74) is 2.28. The van der Waals surface area contributed by atoms with E-state index in [1.54, 1.807) is 4.90 Å². The van der Waals surface area contributed by atoms with E-state index in [1.807, 2.05) is 69.3 Å². The second-order valence-electron chi connectivity index (χ2n) is 7.46. The van der Waals surface area contributed by atoms with E-state index in [0.717, 1.165) is 16.9 Å². The molecule has 148 valence electrons. The lowest BCUT2D eigenvalue weighted by Gasteiger charge is -2.34. The average molecular weight is 380 g/mol. The predicted octanol–water partition coefficient (Wildman–Crippen LogP) is 3.59. The Morgan fingerprint density at radius 2 is 1.89 bits per heavy atom. The van der Waals surface area contributed by atoms with Crippen molar-refractivity contribution < 1.29 is 14.3 Å². The van der Waals surface area contributed by atoms with Crippen LogP contribution in [-0.2, 0) is 22.7 Å². The van der Waals surface area contributed by atoms with Crippen LogP contribution >= 0.6 is 0 Å². The molecule has 0 spiro atoms. The molecule has 28 heavy (non-hydrogen) atoms. The third-order valence-electron chi connectivity index (χ3n) is 5.39. The second kappa shape index (κ2) is 8.46. The SMILES string of the molecule is CCOc1ccccc1CN1C(=O)CC[C@@]1(C)C(=O)NCc1ccc(C)cc1. The lowest BCUT2D eigenvalue weighted by atomic mass is 9.96. The Morgan fingerprint density at radius 3 is 2.61 bits per heavy atom. The highest BCUT2D eigenvalue weighted by Gasteiger charge is 2.47. The quantitative estimate of drug-likeness (QED) is 0.799. The average Bonchev–Trinajstić information content (AvgIpc) is 2.98. The van der Waals surface area contributed by atoms with Crippen molar-refractivity contribution in [3.05, 3.63) is 65.2 Å². The van der Waals surface area contributed by atoms with Gasteiger partial charge in [0.05, 0.1) is 13.2 Å². The van der Waals surface area contributed by atoms with Gasteiger partial charge in [-0.15, -0.1) is 0 Å². The van der Waals surface area contributed by atoms with Crippen molar-refractivity contribution in [2.24, 2.45) is 0 Å². The second-order valence-corrected chi connectivity index (χ2v) is 7.46. The number of hydrogen-bond donors (Lipinski definition) is 1. The van der Waals surface area contributed by atoms with Crippen molar-refractivity contribution in [1.82, 2.24) is 10.2 Å². The number of para-hydroxylation sites is 1. The van der Waals surface area contributed by atoms with Gasteiger partial charge >= 0.3 is 0 Å². The molecule has 5 nitrogen and oxygen atoms in total. The summed E-state index contributed by atoms with van der Waals surface area (Å²) in [5, 5.41) is 3.01. The van der Waals surface area contributed by atoms with Gasteiger partial charge in [-0.1, -0.05) is 48.0 Å². The molecule has 1 aliphatic heterocycles. The van der Waals surface area contributed by atoms with Crippen LogP contribution in [0.15, 0.2) is 48.5 Å². The molecule has 0 saturated carbocycles. The van der Waals surface area contributed by atoms with Gasteiger partial charge in [-0.2, -0.15) is 0 Å². The van der Waals surface area contributed by atoms with E-state index in [4.69, 9.17) is 4.74 Å². The van der Waals surface area contributed by atoms with E-state index in [0.29, 0.717) is 32.5 Å². The Hall–Kier alpha value is -2.82. The van der Waals surface area contributed by atoms with Crippen LogP contribution in [-0.4, -0.2) is 28.9 Å². The summed E-state index contributed by atoms with van der Waals surface area (Å²) in [6.07, 6.45) is 0.896. The number of carbonyl (C=O) groups is 2. The molecule has 1 heterocycles. The Morgan fingerprint density at radius 1 is 1.18 bits per heavy atom.